The van der Waals surface area contributed by atoms with Gasteiger partial charge < -0.3 is 15.1 Å². The molecule has 1 heterocycles. The van der Waals surface area contributed by atoms with E-state index in [1.807, 2.05) is 55.4 Å². The predicted molar refractivity (Wildman–Crippen MR) is 92.3 cm³/mol. The Hall–Kier alpha value is -2.82. The second kappa shape index (κ2) is 5.76. The second-order valence-corrected chi connectivity index (χ2v) is 5.87. The smallest absolute Gasteiger partial charge is 0.255 e. The molecular formula is C18H19N3O2. The molecule has 1 N–H and O–H groups in total. The molecule has 0 spiro atoms. The Kier molecular flexibility index (Phi) is 3.78. The van der Waals surface area contributed by atoms with Crippen molar-refractivity contribution < 1.29 is 9.59 Å². The molecule has 2 amide bonds. The number of nitrogens with one attached hydrogen (secondary N) is 1. The van der Waals surface area contributed by atoms with Crippen LogP contribution in [0.1, 0.15) is 15.9 Å². The van der Waals surface area contributed by atoms with Gasteiger partial charge in [0.05, 0.1) is 6.42 Å². The van der Waals surface area contributed by atoms with Gasteiger partial charge in [0.2, 0.25) is 5.91 Å². The minimum Gasteiger partial charge on any atom is -0.378 e. The number of anilines is 3. The standard InChI is InChI=1S/C18H19N3O2/c1-20(2)15-6-4-5-12(10-15)18(23)19-14-7-8-16-13(9-14)11-17(22)21(16)3/h4-10H,11H2,1-3H3,(H,19,23). The average molecular weight is 309 g/mol. The number of benzene rings is 2. The van der Waals surface area contributed by atoms with Crippen molar-refractivity contribution in [3.05, 3.63) is 53.6 Å². The summed E-state index contributed by atoms with van der Waals surface area (Å²) in [4.78, 5) is 27.7. The van der Waals surface area contributed by atoms with Gasteiger partial charge in [-0.2, -0.15) is 0 Å². The molecule has 23 heavy (non-hydrogen) atoms. The van der Waals surface area contributed by atoms with Gasteiger partial charge in [0, 0.05) is 43.8 Å². The van der Waals surface area contributed by atoms with Gasteiger partial charge in [-0.15, -0.1) is 0 Å². The van der Waals surface area contributed by atoms with E-state index >= 15 is 0 Å². The van der Waals surface area contributed by atoms with Crippen LogP contribution < -0.4 is 15.1 Å². The molecular weight excluding hydrogens is 290 g/mol. The summed E-state index contributed by atoms with van der Waals surface area (Å²) in [5, 5.41) is 2.90. The lowest BCUT2D eigenvalue weighted by molar-refractivity contribution is -0.117. The molecule has 0 aromatic heterocycles. The lowest BCUT2D eigenvalue weighted by Crippen LogP contribution is -2.20. The summed E-state index contributed by atoms with van der Waals surface area (Å²) in [5.74, 6) is -0.0894. The molecule has 5 heteroatoms. The summed E-state index contributed by atoms with van der Waals surface area (Å²) in [6.07, 6.45) is 0.381. The van der Waals surface area contributed by atoms with E-state index in [0.29, 0.717) is 17.7 Å². The number of nitrogens with zero attached hydrogens (tertiary/aromatic N) is 2. The third-order valence-corrected chi connectivity index (χ3v) is 4.04. The summed E-state index contributed by atoms with van der Waals surface area (Å²) < 4.78 is 0. The van der Waals surface area contributed by atoms with Crippen LogP contribution >= 0.6 is 0 Å². The maximum absolute atomic E-state index is 12.4. The van der Waals surface area contributed by atoms with E-state index in [1.165, 1.54) is 0 Å². The summed E-state index contributed by atoms with van der Waals surface area (Å²) in [7, 11) is 5.63. The van der Waals surface area contributed by atoms with Gasteiger partial charge >= 0.3 is 0 Å². The molecule has 0 atom stereocenters. The van der Waals surface area contributed by atoms with Crippen molar-refractivity contribution in [3.63, 3.8) is 0 Å². The van der Waals surface area contributed by atoms with Crippen molar-refractivity contribution >= 4 is 28.9 Å². The first-order valence-electron chi connectivity index (χ1n) is 7.44. The Bertz CT molecular complexity index is 784. The van der Waals surface area contributed by atoms with Gasteiger partial charge in [-0.25, -0.2) is 0 Å². The summed E-state index contributed by atoms with van der Waals surface area (Å²) in [6, 6.07) is 13.0. The largest absolute Gasteiger partial charge is 0.378 e. The number of rotatable bonds is 3. The molecule has 0 fully saturated rings. The van der Waals surface area contributed by atoms with Gasteiger partial charge in [-0.3, -0.25) is 9.59 Å². The predicted octanol–water partition coefficient (Wildman–Crippen LogP) is 2.52. The van der Waals surface area contributed by atoms with Crippen molar-refractivity contribution in [2.45, 2.75) is 6.42 Å². The minimum absolute atomic E-state index is 0.0714. The van der Waals surface area contributed by atoms with Gasteiger partial charge in [0.15, 0.2) is 0 Å². The first kappa shape index (κ1) is 15.1. The Morgan fingerprint density at radius 1 is 1.17 bits per heavy atom. The fourth-order valence-electron chi connectivity index (χ4n) is 2.68. The van der Waals surface area contributed by atoms with E-state index in [4.69, 9.17) is 0 Å². The summed E-state index contributed by atoms with van der Waals surface area (Å²) >= 11 is 0. The van der Waals surface area contributed by atoms with Gasteiger partial charge in [-0.05, 0) is 42.0 Å². The van der Waals surface area contributed by atoms with Crippen LogP contribution in [-0.4, -0.2) is 33.0 Å². The third-order valence-electron chi connectivity index (χ3n) is 4.04. The lowest BCUT2D eigenvalue weighted by Gasteiger charge is -2.14. The molecule has 2 aromatic carbocycles. The van der Waals surface area contributed by atoms with Crippen LogP contribution in [0.2, 0.25) is 0 Å². The Morgan fingerprint density at radius 3 is 2.70 bits per heavy atom. The lowest BCUT2D eigenvalue weighted by atomic mass is 10.1. The van der Waals surface area contributed by atoms with E-state index < -0.39 is 0 Å². The number of carbonyl (C=O) groups excluding carboxylic acids is 2. The van der Waals surface area contributed by atoms with E-state index in [9.17, 15) is 9.59 Å². The molecule has 5 nitrogen and oxygen atoms in total. The second-order valence-electron chi connectivity index (χ2n) is 5.87. The zero-order valence-corrected chi connectivity index (χ0v) is 13.5. The van der Waals surface area contributed by atoms with E-state index in [2.05, 4.69) is 5.32 Å². The molecule has 1 aliphatic rings. The third kappa shape index (κ3) is 2.90. The SMILES string of the molecule is CN(C)c1cccc(C(=O)Nc2ccc3c(c2)CC(=O)N3C)c1. The van der Waals surface area contributed by atoms with E-state index in [-0.39, 0.29) is 11.8 Å². The van der Waals surface area contributed by atoms with Crippen LogP contribution in [0, 0.1) is 0 Å². The molecule has 0 saturated heterocycles. The van der Waals surface area contributed by atoms with Crippen LogP contribution in [0.5, 0.6) is 0 Å². The van der Waals surface area contributed by atoms with Crippen molar-refractivity contribution in [1.82, 2.24) is 0 Å². The Morgan fingerprint density at radius 2 is 1.96 bits per heavy atom. The highest BCUT2D eigenvalue weighted by Gasteiger charge is 2.24. The van der Waals surface area contributed by atoms with Crippen molar-refractivity contribution in [3.8, 4) is 0 Å². The van der Waals surface area contributed by atoms with E-state index in [0.717, 1.165) is 16.9 Å². The Balaban J connectivity index is 1.80. The number of fused-ring (bicyclic) bond motifs is 1. The van der Waals surface area contributed by atoms with Gasteiger partial charge in [0.1, 0.15) is 0 Å². The van der Waals surface area contributed by atoms with Crippen LogP contribution in [0.3, 0.4) is 0 Å². The molecule has 3 rings (SSSR count). The zero-order valence-electron chi connectivity index (χ0n) is 13.5. The number of hydrogen-bond donors (Lipinski definition) is 1. The molecule has 2 aromatic rings. The summed E-state index contributed by atoms with van der Waals surface area (Å²) in [6.45, 7) is 0. The zero-order chi connectivity index (χ0) is 16.6. The number of amides is 2. The highest BCUT2D eigenvalue weighted by molar-refractivity contribution is 6.06. The average Bonchev–Trinajstić information content (AvgIpc) is 2.81. The number of carbonyl (C=O) groups is 2. The minimum atomic E-state index is -0.161. The quantitative estimate of drug-likeness (QED) is 0.948. The van der Waals surface area contributed by atoms with Crippen LogP contribution in [-0.2, 0) is 11.2 Å². The van der Waals surface area contributed by atoms with Crippen molar-refractivity contribution in [1.29, 1.82) is 0 Å². The molecule has 0 saturated carbocycles. The molecule has 1 aliphatic heterocycles. The molecule has 0 radical (unpaired) electrons. The number of hydrogen-bond acceptors (Lipinski definition) is 3. The Labute approximate surface area is 135 Å². The highest BCUT2D eigenvalue weighted by Crippen LogP contribution is 2.30. The summed E-state index contributed by atoms with van der Waals surface area (Å²) in [5.41, 5.74) is 4.12. The topological polar surface area (TPSA) is 52.7 Å². The fourth-order valence-corrected chi connectivity index (χ4v) is 2.68. The molecule has 0 aliphatic carbocycles. The molecule has 0 bridgehead atoms. The normalized spacial score (nSPS) is 13.0. The van der Waals surface area contributed by atoms with Crippen molar-refractivity contribution in [2.24, 2.45) is 0 Å². The van der Waals surface area contributed by atoms with Crippen molar-refractivity contribution in [2.75, 3.05) is 36.3 Å². The van der Waals surface area contributed by atoms with E-state index in [1.54, 1.807) is 18.0 Å². The van der Waals surface area contributed by atoms with Crippen LogP contribution in [0.15, 0.2) is 42.5 Å². The van der Waals surface area contributed by atoms with Crippen LogP contribution in [0.25, 0.3) is 0 Å². The first-order valence-corrected chi connectivity index (χ1v) is 7.44. The maximum Gasteiger partial charge on any atom is 0.255 e. The van der Waals surface area contributed by atoms with Crippen LogP contribution in [0.4, 0.5) is 17.1 Å². The number of likely N-dealkylation sites (N-methyl/N-ethyl adjacent to an activating group) is 1. The molecule has 118 valence electrons. The van der Waals surface area contributed by atoms with Gasteiger partial charge in [-0.1, -0.05) is 6.07 Å². The monoisotopic (exact) mass is 309 g/mol. The first-order chi connectivity index (χ1) is 11.0. The van der Waals surface area contributed by atoms with Gasteiger partial charge in [0.25, 0.3) is 5.91 Å². The fraction of sp³-hybridized carbons (Fsp3) is 0.222. The maximum atomic E-state index is 12.4. The molecule has 0 unspecified atom stereocenters. The highest BCUT2D eigenvalue weighted by atomic mass is 16.2.